The summed E-state index contributed by atoms with van der Waals surface area (Å²) in [5.41, 5.74) is 3.07. The van der Waals surface area contributed by atoms with E-state index in [2.05, 4.69) is 9.78 Å². The minimum atomic E-state index is -0.610. The van der Waals surface area contributed by atoms with Gasteiger partial charge in [-0.05, 0) is 49.6 Å². The van der Waals surface area contributed by atoms with Gasteiger partial charge in [-0.15, -0.1) is 0 Å². The first kappa shape index (κ1) is 19.1. The largest absolute Gasteiger partial charge is 0.508 e. The molecule has 1 aliphatic heterocycles. The molecule has 0 radical (unpaired) electrons. The van der Waals surface area contributed by atoms with Crippen molar-refractivity contribution in [3.63, 3.8) is 0 Å². The molecule has 5 rings (SSSR count). The average Bonchev–Trinajstić information content (AvgIpc) is 3.03. The molecule has 2 aliphatic rings. The Labute approximate surface area is 178 Å². The van der Waals surface area contributed by atoms with E-state index in [9.17, 15) is 14.3 Å². The lowest BCUT2D eigenvalue weighted by Crippen LogP contribution is -2.64. The van der Waals surface area contributed by atoms with Gasteiger partial charge in [0.05, 0.1) is 23.5 Å². The molecular weight excluding hydrogens is 405 g/mol. The van der Waals surface area contributed by atoms with Gasteiger partial charge in [0.25, 0.3) is 5.91 Å². The van der Waals surface area contributed by atoms with Gasteiger partial charge in [0.15, 0.2) is 0 Å². The Bertz CT molecular complexity index is 1150. The summed E-state index contributed by atoms with van der Waals surface area (Å²) in [6.45, 7) is 3.22. The second-order valence-corrected chi connectivity index (χ2v) is 8.90. The summed E-state index contributed by atoms with van der Waals surface area (Å²) < 4.78 is 16.0. The number of phenolic OH excluding ortho intramolecular Hbond substituents is 1. The van der Waals surface area contributed by atoms with E-state index >= 15 is 0 Å². The van der Waals surface area contributed by atoms with Gasteiger partial charge in [-0.25, -0.2) is 4.39 Å². The molecule has 1 aromatic heterocycles. The second kappa shape index (κ2) is 6.84. The van der Waals surface area contributed by atoms with Crippen molar-refractivity contribution in [3.8, 4) is 17.0 Å². The maximum absolute atomic E-state index is 14.0. The third-order valence-electron chi connectivity index (χ3n) is 6.31. The minimum absolute atomic E-state index is 0.0607. The second-order valence-electron chi connectivity index (χ2n) is 8.49. The van der Waals surface area contributed by atoms with Crippen molar-refractivity contribution in [1.29, 1.82) is 0 Å². The maximum Gasteiger partial charge on any atom is 0.257 e. The molecule has 0 atom stereocenters. The van der Waals surface area contributed by atoms with Gasteiger partial charge in [-0.2, -0.15) is 5.10 Å². The number of carbonyl (C=O) groups excluding carboxylic acids is 1. The summed E-state index contributed by atoms with van der Waals surface area (Å²) in [7, 11) is 0. The highest BCUT2D eigenvalue weighted by Crippen LogP contribution is 2.55. The summed E-state index contributed by atoms with van der Waals surface area (Å²) in [6, 6.07) is 11.6. The molecule has 5 nitrogen and oxygen atoms in total. The number of aromatic nitrogens is 2. The number of nitrogens with zero attached hydrogens (tertiary/aromatic N) is 3. The van der Waals surface area contributed by atoms with E-state index in [1.807, 2.05) is 37.4 Å². The monoisotopic (exact) mass is 425 g/mol. The molecule has 2 heterocycles. The Kier molecular flexibility index (Phi) is 4.36. The number of rotatable bonds is 3. The molecule has 0 unspecified atom stereocenters. The molecular formula is C23H21ClFN3O2. The van der Waals surface area contributed by atoms with Crippen molar-refractivity contribution >= 4 is 17.5 Å². The topological polar surface area (TPSA) is 58.4 Å². The first-order valence-electron chi connectivity index (χ1n) is 9.94. The van der Waals surface area contributed by atoms with Crippen LogP contribution in [0.4, 0.5) is 4.39 Å². The Morgan fingerprint density at radius 1 is 1.23 bits per heavy atom. The molecule has 30 heavy (non-hydrogen) atoms. The van der Waals surface area contributed by atoms with Gasteiger partial charge >= 0.3 is 0 Å². The first-order chi connectivity index (χ1) is 14.4. The quantitative estimate of drug-likeness (QED) is 0.653. The maximum atomic E-state index is 14.0. The minimum Gasteiger partial charge on any atom is -0.508 e. The fourth-order valence-corrected chi connectivity index (χ4v) is 5.07. The van der Waals surface area contributed by atoms with E-state index < -0.39 is 5.82 Å². The molecule has 1 amide bonds. The zero-order valence-electron chi connectivity index (χ0n) is 16.5. The molecule has 7 heteroatoms. The van der Waals surface area contributed by atoms with E-state index in [-0.39, 0.29) is 28.7 Å². The van der Waals surface area contributed by atoms with Crippen molar-refractivity contribution in [2.75, 3.05) is 13.1 Å². The molecule has 2 fully saturated rings. The van der Waals surface area contributed by atoms with Crippen LogP contribution in [0, 0.1) is 18.2 Å². The van der Waals surface area contributed by atoms with Crippen LogP contribution in [0.5, 0.6) is 5.75 Å². The lowest BCUT2D eigenvalue weighted by molar-refractivity contribution is -0.0735. The average molecular weight is 426 g/mol. The smallest absolute Gasteiger partial charge is 0.257 e. The van der Waals surface area contributed by atoms with Crippen molar-refractivity contribution in [1.82, 2.24) is 14.7 Å². The Morgan fingerprint density at radius 2 is 1.97 bits per heavy atom. The third kappa shape index (κ3) is 2.98. The van der Waals surface area contributed by atoms with Crippen molar-refractivity contribution < 1.29 is 14.3 Å². The number of halogens is 2. The number of phenols is 1. The highest BCUT2D eigenvalue weighted by Gasteiger charge is 2.55. The predicted molar refractivity (Wildman–Crippen MR) is 112 cm³/mol. The van der Waals surface area contributed by atoms with E-state index in [1.54, 1.807) is 4.90 Å². The molecule has 1 saturated carbocycles. The van der Waals surface area contributed by atoms with Crippen LogP contribution in [0.15, 0.2) is 48.7 Å². The molecule has 1 aliphatic carbocycles. The zero-order chi connectivity index (χ0) is 21.0. The Balaban J connectivity index is 1.29. The molecule has 0 bridgehead atoms. The van der Waals surface area contributed by atoms with E-state index in [0.29, 0.717) is 18.1 Å². The molecule has 1 saturated heterocycles. The summed E-state index contributed by atoms with van der Waals surface area (Å²) in [5.74, 6) is -1.09. The summed E-state index contributed by atoms with van der Waals surface area (Å²) in [6.07, 6.45) is 3.70. The number of aromatic hydroxyl groups is 1. The number of likely N-dealkylation sites (tertiary alicyclic amines) is 1. The standard InChI is InChI=1S/C23H21ClFN3O2/c1-14-11-26-28(21(14)17-4-2-3-5-19(17)24)15-9-23(10-15)12-27(13-23)22(30)18-8-16(29)6-7-20(18)25/h2-8,11,15,29H,9-10,12-13H2,1H3. The van der Waals surface area contributed by atoms with E-state index in [1.165, 1.54) is 12.1 Å². The van der Waals surface area contributed by atoms with Crippen molar-refractivity contribution in [2.24, 2.45) is 5.41 Å². The SMILES string of the molecule is Cc1cnn(C2CC3(C2)CN(C(=O)c2cc(O)ccc2F)C3)c1-c1ccccc1Cl. The van der Waals surface area contributed by atoms with E-state index in [0.717, 1.165) is 35.7 Å². The number of carbonyl (C=O) groups is 1. The lowest BCUT2D eigenvalue weighted by atomic mass is 9.60. The van der Waals surface area contributed by atoms with Crippen LogP contribution in [-0.4, -0.2) is 38.8 Å². The Hall–Kier alpha value is -2.86. The summed E-state index contributed by atoms with van der Waals surface area (Å²) in [5, 5.41) is 14.9. The van der Waals surface area contributed by atoms with Crippen LogP contribution >= 0.6 is 11.6 Å². The molecule has 1 spiro atoms. The third-order valence-corrected chi connectivity index (χ3v) is 6.64. The van der Waals surface area contributed by atoms with Gasteiger partial charge in [-0.1, -0.05) is 29.8 Å². The lowest BCUT2D eigenvalue weighted by Gasteiger charge is -2.59. The number of aryl methyl sites for hydroxylation is 1. The van der Waals surface area contributed by atoms with Crippen LogP contribution in [-0.2, 0) is 0 Å². The summed E-state index contributed by atoms with van der Waals surface area (Å²) in [4.78, 5) is 14.3. The number of benzene rings is 2. The molecule has 1 N–H and O–H groups in total. The van der Waals surface area contributed by atoms with Gasteiger partial charge in [0.2, 0.25) is 0 Å². The molecule has 2 aromatic carbocycles. The van der Waals surface area contributed by atoms with Crippen LogP contribution in [0.25, 0.3) is 11.3 Å². The van der Waals surface area contributed by atoms with Crippen molar-refractivity contribution in [2.45, 2.75) is 25.8 Å². The Morgan fingerprint density at radius 3 is 2.70 bits per heavy atom. The highest BCUT2D eigenvalue weighted by atomic mass is 35.5. The van der Waals surface area contributed by atoms with E-state index in [4.69, 9.17) is 11.6 Å². The van der Waals surface area contributed by atoms with Crippen LogP contribution in [0.1, 0.15) is 34.8 Å². The van der Waals surface area contributed by atoms with Gasteiger partial charge in [-0.3, -0.25) is 9.48 Å². The summed E-state index contributed by atoms with van der Waals surface area (Å²) >= 11 is 6.42. The normalized spacial score (nSPS) is 17.6. The number of hydrogen-bond donors (Lipinski definition) is 1. The van der Waals surface area contributed by atoms with Crippen molar-refractivity contribution in [3.05, 3.63) is 70.6 Å². The van der Waals surface area contributed by atoms with Gasteiger partial charge in [0, 0.05) is 29.1 Å². The number of hydrogen-bond acceptors (Lipinski definition) is 3. The predicted octanol–water partition coefficient (Wildman–Crippen LogP) is 4.83. The number of amides is 1. The fourth-order valence-electron chi connectivity index (χ4n) is 4.84. The molecule has 154 valence electrons. The zero-order valence-corrected chi connectivity index (χ0v) is 17.2. The van der Waals surface area contributed by atoms with Gasteiger partial charge < -0.3 is 10.0 Å². The van der Waals surface area contributed by atoms with Gasteiger partial charge in [0.1, 0.15) is 11.6 Å². The fraction of sp³-hybridized carbons (Fsp3) is 0.304. The van der Waals surface area contributed by atoms with Crippen LogP contribution in [0.2, 0.25) is 5.02 Å². The van der Waals surface area contributed by atoms with Crippen LogP contribution < -0.4 is 0 Å². The molecule has 3 aromatic rings. The first-order valence-corrected chi connectivity index (χ1v) is 10.3. The van der Waals surface area contributed by atoms with Crippen LogP contribution in [0.3, 0.4) is 0 Å². The highest BCUT2D eigenvalue weighted by molar-refractivity contribution is 6.33.